The van der Waals surface area contributed by atoms with Gasteiger partial charge in [0.25, 0.3) is 10.0 Å². The maximum absolute atomic E-state index is 13.9. The van der Waals surface area contributed by atoms with Gasteiger partial charge in [-0.15, -0.1) is 5.10 Å². The van der Waals surface area contributed by atoms with Gasteiger partial charge in [0.15, 0.2) is 0 Å². The molecule has 0 radical (unpaired) electrons. The monoisotopic (exact) mass is 330 g/mol. The number of hydrogen-bond donors (Lipinski definition) is 2. The summed E-state index contributed by atoms with van der Waals surface area (Å²) in [5, 5.41) is 3.55. The van der Waals surface area contributed by atoms with Gasteiger partial charge in [-0.1, -0.05) is 16.3 Å². The molecule has 0 amide bonds. The van der Waals surface area contributed by atoms with Crippen LogP contribution in [0.15, 0.2) is 23.2 Å². The predicted octanol–water partition coefficient (Wildman–Crippen LogP) is 0.927. The molecule has 0 spiro atoms. The van der Waals surface area contributed by atoms with E-state index in [1.807, 2.05) is 0 Å². The Morgan fingerprint density at radius 1 is 1.38 bits per heavy atom. The van der Waals surface area contributed by atoms with Crippen LogP contribution in [0, 0.1) is 23.5 Å². The summed E-state index contributed by atoms with van der Waals surface area (Å²) in [6.45, 7) is -0.0796. The van der Waals surface area contributed by atoms with Gasteiger partial charge in [0, 0.05) is 17.6 Å². The van der Waals surface area contributed by atoms with Crippen molar-refractivity contribution in [1.82, 2.24) is 9.59 Å². The van der Waals surface area contributed by atoms with Crippen molar-refractivity contribution in [1.29, 1.82) is 0 Å². The number of aromatic nitrogens is 2. The summed E-state index contributed by atoms with van der Waals surface area (Å²) in [5.74, 6) is 2.51. The number of nitrogens with two attached hydrogens (primary N) is 1. The first-order valence-corrected chi connectivity index (χ1v) is 7.68. The van der Waals surface area contributed by atoms with Crippen molar-refractivity contribution >= 4 is 26.6 Å². The average molecular weight is 330 g/mol. The van der Waals surface area contributed by atoms with Gasteiger partial charge in [-0.2, -0.15) is 0 Å². The Hall–Kier alpha value is -2.09. The van der Waals surface area contributed by atoms with Crippen LogP contribution in [-0.2, 0) is 10.0 Å². The van der Waals surface area contributed by atoms with E-state index in [2.05, 4.69) is 26.1 Å². The van der Waals surface area contributed by atoms with Crippen LogP contribution in [-0.4, -0.2) is 24.5 Å². The molecule has 0 aliphatic carbocycles. The van der Waals surface area contributed by atoms with E-state index in [-0.39, 0.29) is 17.1 Å². The SMILES string of the molecule is NCC#Cc1cc(F)cc(F)c1S(=O)(=O)Nc1cnns1. The molecule has 1 aromatic heterocycles. The van der Waals surface area contributed by atoms with Crippen LogP contribution >= 0.6 is 11.5 Å². The number of benzene rings is 1. The van der Waals surface area contributed by atoms with Crippen LogP contribution in [0.2, 0.25) is 0 Å². The Morgan fingerprint density at radius 3 is 2.76 bits per heavy atom. The zero-order valence-corrected chi connectivity index (χ0v) is 11.9. The van der Waals surface area contributed by atoms with Crippen LogP contribution in [0.1, 0.15) is 5.56 Å². The second kappa shape index (κ2) is 6.13. The van der Waals surface area contributed by atoms with Gasteiger partial charge < -0.3 is 5.73 Å². The molecular formula is C11H8F2N4O2S2. The fraction of sp³-hybridized carbons (Fsp3) is 0.0909. The lowest BCUT2D eigenvalue weighted by Gasteiger charge is -2.09. The summed E-state index contributed by atoms with van der Waals surface area (Å²) >= 11 is 0.773. The van der Waals surface area contributed by atoms with Gasteiger partial charge in [0.1, 0.15) is 21.5 Å². The molecule has 10 heteroatoms. The Labute approximate surface area is 123 Å². The average Bonchev–Trinajstić information content (AvgIpc) is 2.86. The topological polar surface area (TPSA) is 98.0 Å². The third-order valence-corrected chi connectivity index (χ3v) is 4.35. The number of halogens is 2. The number of hydrogen-bond acceptors (Lipinski definition) is 6. The van der Waals surface area contributed by atoms with Gasteiger partial charge in [-0.05, 0) is 6.07 Å². The standard InChI is InChI=1S/C11H8F2N4O2S2/c12-8-4-7(2-1-3-14)11(9(13)5-8)21(18,19)16-10-6-15-17-20-10/h4-6,16H,3,14H2. The smallest absolute Gasteiger partial charge is 0.266 e. The molecule has 2 rings (SSSR count). The minimum atomic E-state index is -4.30. The van der Waals surface area contributed by atoms with Crippen molar-refractivity contribution in [2.24, 2.45) is 5.73 Å². The van der Waals surface area contributed by atoms with E-state index in [1.54, 1.807) is 0 Å². The highest BCUT2D eigenvalue weighted by Crippen LogP contribution is 2.24. The zero-order valence-electron chi connectivity index (χ0n) is 10.3. The molecule has 110 valence electrons. The molecule has 1 aromatic carbocycles. The summed E-state index contributed by atoms with van der Waals surface area (Å²) in [6.07, 6.45) is 1.16. The lowest BCUT2D eigenvalue weighted by atomic mass is 10.2. The minimum Gasteiger partial charge on any atom is -0.320 e. The molecule has 0 aliphatic heterocycles. The maximum Gasteiger partial charge on any atom is 0.266 e. The van der Waals surface area contributed by atoms with Gasteiger partial charge in [0.2, 0.25) is 0 Å². The third kappa shape index (κ3) is 3.52. The van der Waals surface area contributed by atoms with Gasteiger partial charge >= 0.3 is 0 Å². The molecule has 0 bridgehead atoms. The van der Waals surface area contributed by atoms with Crippen LogP contribution in [0.4, 0.5) is 13.8 Å². The number of nitrogens with one attached hydrogen (secondary N) is 1. The molecule has 21 heavy (non-hydrogen) atoms. The molecule has 3 N–H and O–H groups in total. The summed E-state index contributed by atoms with van der Waals surface area (Å²) in [5.41, 5.74) is 4.86. The van der Waals surface area contributed by atoms with Crippen LogP contribution in [0.3, 0.4) is 0 Å². The quantitative estimate of drug-likeness (QED) is 0.816. The van der Waals surface area contributed by atoms with E-state index in [9.17, 15) is 17.2 Å². The van der Waals surface area contributed by atoms with E-state index in [1.165, 1.54) is 0 Å². The normalized spacial score (nSPS) is 10.8. The molecule has 0 aliphatic rings. The number of rotatable bonds is 3. The van der Waals surface area contributed by atoms with E-state index in [4.69, 9.17) is 5.73 Å². The number of anilines is 1. The largest absolute Gasteiger partial charge is 0.320 e. The maximum atomic E-state index is 13.9. The second-order valence-electron chi connectivity index (χ2n) is 3.66. The molecular weight excluding hydrogens is 322 g/mol. The predicted molar refractivity (Wildman–Crippen MR) is 73.0 cm³/mol. The van der Waals surface area contributed by atoms with Crippen LogP contribution < -0.4 is 10.5 Å². The first kappa shape index (κ1) is 15.3. The van der Waals surface area contributed by atoms with Crippen LogP contribution in [0.5, 0.6) is 0 Å². The first-order valence-electron chi connectivity index (χ1n) is 5.42. The Balaban J connectivity index is 2.56. The van der Waals surface area contributed by atoms with Gasteiger partial charge in [-0.25, -0.2) is 17.2 Å². The van der Waals surface area contributed by atoms with Gasteiger partial charge in [0.05, 0.1) is 18.3 Å². The molecule has 2 aromatic rings. The van der Waals surface area contributed by atoms with Crippen molar-refractivity contribution in [3.63, 3.8) is 0 Å². The third-order valence-electron chi connectivity index (χ3n) is 2.20. The molecule has 0 fully saturated rings. The summed E-state index contributed by atoms with van der Waals surface area (Å²) < 4.78 is 57.1. The number of sulfonamides is 1. The van der Waals surface area contributed by atoms with Crippen molar-refractivity contribution in [2.75, 3.05) is 11.3 Å². The summed E-state index contributed by atoms with van der Waals surface area (Å²) in [4.78, 5) is -0.752. The van der Waals surface area contributed by atoms with E-state index < -0.39 is 26.6 Å². The van der Waals surface area contributed by atoms with Crippen molar-refractivity contribution in [3.05, 3.63) is 35.5 Å². The highest BCUT2D eigenvalue weighted by Gasteiger charge is 2.24. The van der Waals surface area contributed by atoms with Crippen molar-refractivity contribution in [3.8, 4) is 11.8 Å². The minimum absolute atomic E-state index is 0.0796. The van der Waals surface area contributed by atoms with Crippen molar-refractivity contribution < 1.29 is 17.2 Å². The van der Waals surface area contributed by atoms with Gasteiger partial charge in [-0.3, -0.25) is 4.72 Å². The number of nitrogens with zero attached hydrogens (tertiary/aromatic N) is 2. The molecule has 1 heterocycles. The van der Waals surface area contributed by atoms with E-state index in [0.717, 1.165) is 23.8 Å². The molecule has 0 atom stereocenters. The molecule has 0 saturated carbocycles. The Kier molecular flexibility index (Phi) is 4.46. The fourth-order valence-electron chi connectivity index (χ4n) is 1.47. The van der Waals surface area contributed by atoms with E-state index in [0.29, 0.717) is 6.07 Å². The molecule has 6 nitrogen and oxygen atoms in total. The summed E-state index contributed by atoms with van der Waals surface area (Å²) in [6, 6.07) is 1.29. The second-order valence-corrected chi connectivity index (χ2v) is 6.06. The van der Waals surface area contributed by atoms with E-state index >= 15 is 0 Å². The summed E-state index contributed by atoms with van der Waals surface area (Å²) in [7, 11) is -4.30. The van der Waals surface area contributed by atoms with Crippen LogP contribution in [0.25, 0.3) is 0 Å². The highest BCUT2D eigenvalue weighted by atomic mass is 32.2. The first-order chi connectivity index (χ1) is 9.94. The Bertz CT molecular complexity index is 811. The highest BCUT2D eigenvalue weighted by molar-refractivity contribution is 7.93. The zero-order chi connectivity index (χ0) is 15.5. The lowest BCUT2D eigenvalue weighted by molar-refractivity contribution is 0.550. The Morgan fingerprint density at radius 2 is 2.14 bits per heavy atom. The molecule has 0 saturated heterocycles. The lowest BCUT2D eigenvalue weighted by Crippen LogP contribution is -2.16. The molecule has 0 unspecified atom stereocenters. The fourth-order valence-corrected chi connectivity index (χ4v) is 3.36. The van der Waals surface area contributed by atoms with Crippen molar-refractivity contribution in [2.45, 2.75) is 4.90 Å².